The Balaban J connectivity index is 1.82. The van der Waals surface area contributed by atoms with Gasteiger partial charge in [0.2, 0.25) is 5.88 Å². The van der Waals surface area contributed by atoms with Crippen molar-refractivity contribution in [3.8, 4) is 5.88 Å². The van der Waals surface area contributed by atoms with Gasteiger partial charge in [0.1, 0.15) is 12.2 Å². The minimum atomic E-state index is -1.28. The zero-order valence-corrected chi connectivity index (χ0v) is 24.8. The molecule has 0 amide bonds. The van der Waals surface area contributed by atoms with Crippen LogP contribution in [0.25, 0.3) is 21.7 Å². The molecule has 1 N–H and O–H groups in total. The van der Waals surface area contributed by atoms with Crippen molar-refractivity contribution >= 4 is 37.6 Å². The van der Waals surface area contributed by atoms with E-state index in [1.54, 1.807) is 7.11 Å². The normalized spacial score (nSPS) is 13.9. The number of pyridine rings is 1. The number of fused-ring (bicyclic) bond motifs is 2. The molecule has 4 aromatic carbocycles. The first-order valence-electron chi connectivity index (χ1n) is 13.5. The Labute approximate surface area is 244 Å². The van der Waals surface area contributed by atoms with Crippen molar-refractivity contribution in [2.45, 2.75) is 17.9 Å². The van der Waals surface area contributed by atoms with Gasteiger partial charge < -0.3 is 19.5 Å². The molecule has 2 unspecified atom stereocenters. The highest BCUT2D eigenvalue weighted by Crippen LogP contribution is 2.49. The van der Waals surface area contributed by atoms with Gasteiger partial charge in [0, 0.05) is 35.0 Å². The smallest absolute Gasteiger partial charge is 0.217 e. The second kappa shape index (κ2) is 12.5. The minimum Gasteiger partial charge on any atom is -0.475 e. The number of rotatable bonds is 11. The van der Waals surface area contributed by atoms with Gasteiger partial charge in [0.15, 0.2) is 0 Å². The number of halogens is 1. The molecule has 0 bridgehead atoms. The molecule has 206 valence electrons. The topological polar surface area (TPSA) is 54.8 Å². The second-order valence-electron chi connectivity index (χ2n) is 10.4. The minimum absolute atomic E-state index is 0.352. The van der Waals surface area contributed by atoms with E-state index in [0.29, 0.717) is 32.1 Å². The Morgan fingerprint density at radius 3 is 2.40 bits per heavy atom. The van der Waals surface area contributed by atoms with Gasteiger partial charge in [0.05, 0.1) is 12.1 Å². The number of nitrogens with zero attached hydrogens (tertiary/aromatic N) is 2. The van der Waals surface area contributed by atoms with Gasteiger partial charge in [-0.25, -0.2) is 4.98 Å². The van der Waals surface area contributed by atoms with E-state index in [-0.39, 0.29) is 0 Å². The molecule has 0 aliphatic rings. The summed E-state index contributed by atoms with van der Waals surface area (Å²) in [6.07, 6.45) is 0.502. The lowest BCUT2D eigenvalue weighted by Crippen LogP contribution is -2.38. The third-order valence-electron chi connectivity index (χ3n) is 7.41. The number of benzene rings is 4. The van der Waals surface area contributed by atoms with Crippen LogP contribution in [0.2, 0.25) is 0 Å². The maximum absolute atomic E-state index is 13.2. The van der Waals surface area contributed by atoms with E-state index in [9.17, 15) is 5.11 Å². The van der Waals surface area contributed by atoms with E-state index in [0.717, 1.165) is 42.8 Å². The fourth-order valence-corrected chi connectivity index (χ4v) is 5.86. The third-order valence-corrected chi connectivity index (χ3v) is 7.91. The maximum atomic E-state index is 13.2. The summed E-state index contributed by atoms with van der Waals surface area (Å²) in [4.78, 5) is 7.09. The van der Waals surface area contributed by atoms with Crippen LogP contribution in [0.4, 0.5) is 0 Å². The first-order chi connectivity index (χ1) is 19.4. The Bertz CT molecular complexity index is 1590. The molecule has 2 atom stereocenters. The highest BCUT2D eigenvalue weighted by atomic mass is 79.9. The highest BCUT2D eigenvalue weighted by Gasteiger charge is 2.43. The Hall–Kier alpha value is -3.29. The quantitative estimate of drug-likeness (QED) is 0.164. The Morgan fingerprint density at radius 2 is 1.62 bits per heavy atom. The lowest BCUT2D eigenvalue weighted by molar-refractivity contribution is 0.00489. The lowest BCUT2D eigenvalue weighted by atomic mass is 9.70. The predicted octanol–water partition coefficient (Wildman–Crippen LogP) is 7.15. The summed E-state index contributed by atoms with van der Waals surface area (Å²) in [6.45, 7) is 1.48. The summed E-state index contributed by atoms with van der Waals surface area (Å²) in [5.41, 5.74) is 2.26. The zero-order valence-electron chi connectivity index (χ0n) is 23.2. The fraction of sp³-hybridized carbons (Fsp3) is 0.265. The van der Waals surface area contributed by atoms with Gasteiger partial charge >= 0.3 is 0 Å². The monoisotopic (exact) mass is 598 g/mol. The van der Waals surface area contributed by atoms with Crippen molar-refractivity contribution < 1.29 is 14.6 Å². The van der Waals surface area contributed by atoms with Gasteiger partial charge in [-0.05, 0) is 66.7 Å². The molecular formula is C34H35BrN2O3. The second-order valence-corrected chi connectivity index (χ2v) is 11.3. The molecule has 0 aliphatic carbocycles. The van der Waals surface area contributed by atoms with Crippen LogP contribution in [-0.2, 0) is 10.3 Å². The molecule has 0 spiro atoms. The molecule has 40 heavy (non-hydrogen) atoms. The SMILES string of the molecule is COCCOc1nc2ccc(Br)cc2cc1C(c1ccccc1)C(O)(CCN(C)C)c1cccc2ccccc12. The zero-order chi connectivity index (χ0) is 28.1. The largest absolute Gasteiger partial charge is 0.475 e. The lowest BCUT2D eigenvalue weighted by Gasteiger charge is -2.39. The molecule has 0 saturated heterocycles. The Morgan fingerprint density at radius 1 is 0.875 bits per heavy atom. The van der Waals surface area contributed by atoms with E-state index in [4.69, 9.17) is 14.5 Å². The molecule has 1 heterocycles. The molecule has 5 rings (SSSR count). The number of aromatic nitrogens is 1. The average molecular weight is 600 g/mol. The fourth-order valence-electron chi connectivity index (χ4n) is 5.48. The number of ether oxygens (including phenoxy) is 2. The number of aliphatic hydroxyl groups is 1. The predicted molar refractivity (Wildman–Crippen MR) is 166 cm³/mol. The number of hydrogen-bond donors (Lipinski definition) is 1. The van der Waals surface area contributed by atoms with Crippen LogP contribution in [0.3, 0.4) is 0 Å². The molecule has 0 fully saturated rings. The summed E-state index contributed by atoms with van der Waals surface area (Å²) in [5.74, 6) is 0.0390. The van der Waals surface area contributed by atoms with Crippen molar-refractivity contribution in [3.63, 3.8) is 0 Å². The van der Waals surface area contributed by atoms with E-state index in [1.807, 2.05) is 62.6 Å². The van der Waals surface area contributed by atoms with Gasteiger partial charge in [-0.2, -0.15) is 0 Å². The molecule has 0 aliphatic heterocycles. The number of methoxy groups -OCH3 is 1. The molecule has 1 aromatic heterocycles. The van der Waals surface area contributed by atoms with Crippen LogP contribution in [-0.4, -0.2) is 56.0 Å². The van der Waals surface area contributed by atoms with Crippen molar-refractivity contribution in [3.05, 3.63) is 118 Å². The van der Waals surface area contributed by atoms with E-state index in [1.165, 1.54) is 0 Å². The molecule has 0 saturated carbocycles. The molecule has 0 radical (unpaired) electrons. The van der Waals surface area contributed by atoms with E-state index >= 15 is 0 Å². The third kappa shape index (κ3) is 5.91. The highest BCUT2D eigenvalue weighted by molar-refractivity contribution is 9.10. The average Bonchev–Trinajstić information content (AvgIpc) is 2.97. The first-order valence-corrected chi connectivity index (χ1v) is 14.3. The maximum Gasteiger partial charge on any atom is 0.217 e. The molecule has 5 aromatic rings. The van der Waals surface area contributed by atoms with Crippen molar-refractivity contribution in [2.24, 2.45) is 0 Å². The Kier molecular flexibility index (Phi) is 8.81. The van der Waals surface area contributed by atoms with E-state index in [2.05, 4.69) is 69.4 Å². The first kappa shape index (κ1) is 28.2. The van der Waals surface area contributed by atoms with Crippen LogP contribution in [0, 0.1) is 0 Å². The van der Waals surface area contributed by atoms with Crippen LogP contribution in [0.1, 0.15) is 29.0 Å². The van der Waals surface area contributed by atoms with Crippen molar-refractivity contribution in [2.75, 3.05) is 41.0 Å². The van der Waals surface area contributed by atoms with Crippen molar-refractivity contribution in [1.82, 2.24) is 9.88 Å². The molecule has 5 nitrogen and oxygen atoms in total. The summed E-state index contributed by atoms with van der Waals surface area (Å²) in [6, 6.07) is 32.8. The standard InChI is InChI=1S/C34H35BrN2O3/c1-37(2)19-18-34(38,30-15-9-13-24-10-7-8-14-28(24)30)32(25-11-5-4-6-12-25)29-23-26-22-27(35)16-17-31(26)36-33(29)40-21-20-39-3/h4-17,22-23,32,38H,18-21H2,1-3H3. The van der Waals surface area contributed by atoms with Crippen LogP contribution < -0.4 is 4.74 Å². The van der Waals surface area contributed by atoms with Gasteiger partial charge in [-0.15, -0.1) is 0 Å². The van der Waals surface area contributed by atoms with Gasteiger partial charge in [-0.1, -0.05) is 88.7 Å². The molecule has 6 heteroatoms. The van der Waals surface area contributed by atoms with Crippen LogP contribution >= 0.6 is 15.9 Å². The summed E-state index contributed by atoms with van der Waals surface area (Å²) in [5, 5.41) is 16.3. The van der Waals surface area contributed by atoms with Gasteiger partial charge in [-0.3, -0.25) is 0 Å². The van der Waals surface area contributed by atoms with Crippen LogP contribution in [0.5, 0.6) is 5.88 Å². The van der Waals surface area contributed by atoms with Gasteiger partial charge in [0.25, 0.3) is 0 Å². The number of hydrogen-bond acceptors (Lipinski definition) is 5. The molecular weight excluding hydrogens is 564 g/mol. The summed E-state index contributed by atoms with van der Waals surface area (Å²) in [7, 11) is 5.73. The van der Waals surface area contributed by atoms with Crippen LogP contribution in [0.15, 0.2) is 102 Å². The summed E-state index contributed by atoms with van der Waals surface area (Å²) >= 11 is 3.62. The van der Waals surface area contributed by atoms with Crippen molar-refractivity contribution in [1.29, 1.82) is 0 Å². The van der Waals surface area contributed by atoms with E-state index < -0.39 is 11.5 Å². The summed E-state index contributed by atoms with van der Waals surface area (Å²) < 4.78 is 12.5.